The summed E-state index contributed by atoms with van der Waals surface area (Å²) in [5.41, 5.74) is 0. The summed E-state index contributed by atoms with van der Waals surface area (Å²) in [6, 6.07) is 0. The highest BCUT2D eigenvalue weighted by Gasteiger charge is 2.45. The summed E-state index contributed by atoms with van der Waals surface area (Å²) in [6.07, 6.45) is -0.295. The van der Waals surface area contributed by atoms with Gasteiger partial charge in [0, 0.05) is 18.6 Å². The lowest BCUT2D eigenvalue weighted by Gasteiger charge is -2.33. The van der Waals surface area contributed by atoms with Gasteiger partial charge in [0.25, 0.3) is 0 Å². The molecular weight excluding hydrogens is 182 g/mol. The first-order valence-corrected chi connectivity index (χ1v) is 5.06. The van der Waals surface area contributed by atoms with Crippen molar-refractivity contribution in [2.24, 2.45) is 5.92 Å². The quantitative estimate of drug-likeness (QED) is 0.606. The Hall–Kier alpha value is 0.300. The largest absolute Gasteiger partial charge is 0.248 e. The monoisotopic (exact) mass is 188 g/mol. The fourth-order valence-electron chi connectivity index (χ4n) is 1.09. The molecule has 0 spiro atoms. The van der Waals surface area contributed by atoms with Crippen molar-refractivity contribution in [2.75, 3.05) is 5.75 Å². The standard InChI is InChI=1S/C5H7ClF2OS/c6-10(9)3-4-1-5(7,8)2-4/h4H,1-3H2. The molecule has 0 amide bonds. The Morgan fingerprint density at radius 1 is 1.60 bits per heavy atom. The lowest BCUT2D eigenvalue weighted by atomic mass is 9.83. The first-order valence-electron chi connectivity index (χ1n) is 2.92. The van der Waals surface area contributed by atoms with Crippen molar-refractivity contribution in [3.63, 3.8) is 0 Å². The Kier molecular flexibility index (Phi) is 2.30. The summed E-state index contributed by atoms with van der Waals surface area (Å²) in [4.78, 5) is 0. The van der Waals surface area contributed by atoms with Crippen LogP contribution in [0.1, 0.15) is 12.8 Å². The van der Waals surface area contributed by atoms with Crippen LogP contribution in [0.15, 0.2) is 0 Å². The second-order valence-electron chi connectivity index (χ2n) is 2.59. The molecule has 1 nitrogen and oxygen atoms in total. The number of hydrogen-bond acceptors (Lipinski definition) is 1. The lowest BCUT2D eigenvalue weighted by molar-refractivity contribution is -0.103. The summed E-state index contributed by atoms with van der Waals surface area (Å²) < 4.78 is 34.5. The molecule has 0 radical (unpaired) electrons. The van der Waals surface area contributed by atoms with E-state index in [-0.39, 0.29) is 24.5 Å². The summed E-state index contributed by atoms with van der Waals surface area (Å²) in [5, 5.41) is 0. The van der Waals surface area contributed by atoms with Crippen LogP contribution >= 0.6 is 10.7 Å². The highest BCUT2D eigenvalue weighted by atomic mass is 35.7. The molecule has 1 unspecified atom stereocenters. The zero-order valence-electron chi connectivity index (χ0n) is 5.15. The predicted molar refractivity (Wildman–Crippen MR) is 36.5 cm³/mol. The Morgan fingerprint density at radius 2 is 2.10 bits per heavy atom. The Balaban J connectivity index is 2.21. The average molecular weight is 189 g/mol. The highest BCUT2D eigenvalue weighted by Crippen LogP contribution is 2.42. The molecule has 0 aromatic carbocycles. The van der Waals surface area contributed by atoms with E-state index in [1.54, 1.807) is 0 Å². The van der Waals surface area contributed by atoms with Gasteiger partial charge in [-0.15, -0.1) is 0 Å². The van der Waals surface area contributed by atoms with Gasteiger partial charge >= 0.3 is 0 Å². The van der Waals surface area contributed by atoms with Gasteiger partial charge in [-0.2, -0.15) is 0 Å². The van der Waals surface area contributed by atoms with E-state index in [4.69, 9.17) is 10.7 Å². The molecule has 0 aromatic rings. The van der Waals surface area contributed by atoms with Crippen molar-refractivity contribution in [3.05, 3.63) is 0 Å². The van der Waals surface area contributed by atoms with Crippen LogP contribution < -0.4 is 0 Å². The van der Waals surface area contributed by atoms with Crippen molar-refractivity contribution in [3.8, 4) is 0 Å². The van der Waals surface area contributed by atoms with Crippen LogP contribution in [-0.4, -0.2) is 15.9 Å². The van der Waals surface area contributed by atoms with Gasteiger partial charge in [-0.3, -0.25) is 0 Å². The average Bonchev–Trinajstić information content (AvgIpc) is 1.57. The first kappa shape index (κ1) is 8.40. The van der Waals surface area contributed by atoms with E-state index in [0.717, 1.165) is 0 Å². The molecule has 1 saturated carbocycles. The zero-order valence-corrected chi connectivity index (χ0v) is 6.72. The van der Waals surface area contributed by atoms with Crippen molar-refractivity contribution in [1.82, 2.24) is 0 Å². The normalized spacial score (nSPS) is 27.5. The molecule has 0 aliphatic heterocycles. The van der Waals surface area contributed by atoms with Crippen molar-refractivity contribution < 1.29 is 13.0 Å². The molecule has 0 aromatic heterocycles. The lowest BCUT2D eigenvalue weighted by Crippen LogP contribution is -2.37. The molecule has 60 valence electrons. The second-order valence-corrected chi connectivity index (χ2v) is 4.53. The summed E-state index contributed by atoms with van der Waals surface area (Å²) in [6.45, 7) is 0. The minimum atomic E-state index is -2.51. The zero-order chi connectivity index (χ0) is 7.78. The van der Waals surface area contributed by atoms with Crippen molar-refractivity contribution in [2.45, 2.75) is 18.8 Å². The number of rotatable bonds is 2. The topological polar surface area (TPSA) is 17.1 Å². The molecule has 0 saturated heterocycles. The smallest absolute Gasteiger partial charge is 0.243 e. The molecule has 1 atom stereocenters. The van der Waals surface area contributed by atoms with E-state index in [2.05, 4.69) is 0 Å². The van der Waals surface area contributed by atoms with Crippen LogP contribution in [-0.2, 0) is 10.0 Å². The van der Waals surface area contributed by atoms with Crippen LogP contribution in [0.4, 0.5) is 8.78 Å². The minimum Gasteiger partial charge on any atom is -0.243 e. The molecule has 1 aliphatic rings. The van der Waals surface area contributed by atoms with Crippen LogP contribution in [0.5, 0.6) is 0 Å². The number of halogens is 3. The number of alkyl halides is 2. The molecule has 10 heavy (non-hydrogen) atoms. The van der Waals surface area contributed by atoms with E-state index in [1.165, 1.54) is 0 Å². The Labute approximate surface area is 64.7 Å². The maximum absolute atomic E-state index is 12.1. The second kappa shape index (κ2) is 2.74. The third-order valence-electron chi connectivity index (χ3n) is 1.54. The molecule has 0 heterocycles. The first-order chi connectivity index (χ1) is 4.49. The molecular formula is C5H7ClF2OS. The molecule has 1 fully saturated rings. The van der Waals surface area contributed by atoms with Gasteiger partial charge in [-0.25, -0.2) is 13.0 Å². The summed E-state index contributed by atoms with van der Waals surface area (Å²) >= 11 is 0. The van der Waals surface area contributed by atoms with Crippen LogP contribution in [0.3, 0.4) is 0 Å². The van der Waals surface area contributed by atoms with Crippen molar-refractivity contribution in [1.29, 1.82) is 0 Å². The summed E-state index contributed by atoms with van der Waals surface area (Å²) in [7, 11) is 3.67. The maximum atomic E-state index is 12.1. The minimum absolute atomic E-state index is 0.131. The van der Waals surface area contributed by atoms with E-state index in [0.29, 0.717) is 0 Å². The van der Waals surface area contributed by atoms with Gasteiger partial charge in [0.15, 0.2) is 0 Å². The van der Waals surface area contributed by atoms with Gasteiger partial charge in [-0.05, 0) is 16.6 Å². The van der Waals surface area contributed by atoms with Crippen LogP contribution in [0.25, 0.3) is 0 Å². The Morgan fingerprint density at radius 3 is 2.40 bits per heavy atom. The van der Waals surface area contributed by atoms with Gasteiger partial charge in [0.1, 0.15) is 10.0 Å². The van der Waals surface area contributed by atoms with Gasteiger partial charge in [0.2, 0.25) is 5.92 Å². The van der Waals surface area contributed by atoms with Crippen LogP contribution in [0.2, 0.25) is 0 Å². The molecule has 0 N–H and O–H groups in total. The highest BCUT2D eigenvalue weighted by molar-refractivity contribution is 8.08. The predicted octanol–water partition coefficient (Wildman–Crippen LogP) is 1.93. The molecule has 1 aliphatic carbocycles. The van der Waals surface area contributed by atoms with Crippen molar-refractivity contribution >= 4 is 20.7 Å². The third-order valence-corrected chi connectivity index (χ3v) is 2.65. The van der Waals surface area contributed by atoms with E-state index in [9.17, 15) is 13.0 Å². The Bertz CT molecular complexity index is 154. The van der Waals surface area contributed by atoms with Gasteiger partial charge in [-0.1, -0.05) is 0 Å². The van der Waals surface area contributed by atoms with E-state index < -0.39 is 15.9 Å². The van der Waals surface area contributed by atoms with Gasteiger partial charge in [0.05, 0.1) is 0 Å². The van der Waals surface area contributed by atoms with Crippen LogP contribution in [0, 0.1) is 5.92 Å². The van der Waals surface area contributed by atoms with Gasteiger partial charge < -0.3 is 0 Å². The molecule has 1 rings (SSSR count). The fraction of sp³-hybridized carbons (Fsp3) is 1.00. The molecule has 0 bridgehead atoms. The fourth-order valence-corrected chi connectivity index (χ4v) is 2.23. The molecule has 5 heteroatoms. The summed E-state index contributed by atoms with van der Waals surface area (Å²) in [5.74, 6) is -2.44. The third kappa shape index (κ3) is 2.16. The van der Waals surface area contributed by atoms with E-state index in [1.807, 2.05) is 0 Å². The number of hydrogen-bond donors (Lipinski definition) is 0. The SMILES string of the molecule is O=S(Cl)CC1CC(F)(F)C1. The maximum Gasteiger partial charge on any atom is 0.248 e. The van der Waals surface area contributed by atoms with E-state index >= 15 is 0 Å².